The van der Waals surface area contributed by atoms with Crippen LogP contribution in [-0.4, -0.2) is 112 Å². The molecule has 36 heavy (non-hydrogen) atoms. The van der Waals surface area contributed by atoms with E-state index in [4.69, 9.17) is 0 Å². The van der Waals surface area contributed by atoms with E-state index in [0.717, 1.165) is 19.3 Å². The highest BCUT2D eigenvalue weighted by molar-refractivity contribution is 7.85. The van der Waals surface area contributed by atoms with Crippen LogP contribution in [0.5, 0.6) is 0 Å². The highest BCUT2D eigenvalue weighted by Crippen LogP contribution is 2.10. The molecule has 0 aromatic carbocycles. The first-order valence-electron chi connectivity index (χ1n) is 13.2. The van der Waals surface area contributed by atoms with Crippen molar-refractivity contribution in [2.45, 2.75) is 83.7 Å². The molecule has 0 aliphatic rings. The lowest BCUT2D eigenvalue weighted by Gasteiger charge is -2.32. The number of rotatable bonds is 20. The van der Waals surface area contributed by atoms with Crippen LogP contribution >= 0.6 is 0 Å². The molecule has 0 saturated carbocycles. The lowest BCUT2D eigenvalue weighted by atomic mass is 10.1. The lowest BCUT2D eigenvalue weighted by Crippen LogP contribution is -2.48. The maximum atomic E-state index is 11.9. The van der Waals surface area contributed by atoms with E-state index in [1.165, 1.54) is 44.9 Å². The van der Waals surface area contributed by atoms with Crippen molar-refractivity contribution in [3.05, 3.63) is 0 Å². The van der Waals surface area contributed by atoms with Crippen LogP contribution in [0.3, 0.4) is 0 Å². The predicted molar refractivity (Wildman–Crippen MR) is 140 cm³/mol. The van der Waals surface area contributed by atoms with Crippen molar-refractivity contribution in [1.82, 2.24) is 5.32 Å². The van der Waals surface area contributed by atoms with Crippen molar-refractivity contribution in [2.24, 2.45) is 0 Å². The molecule has 0 spiro atoms. The maximum Gasteiger partial charge on any atom is 0.219 e. The average Bonchev–Trinajstić information content (AvgIpc) is 2.66. The van der Waals surface area contributed by atoms with Crippen LogP contribution in [0, 0.1) is 0 Å². The van der Waals surface area contributed by atoms with E-state index < -0.39 is 27.9 Å². The largest absolute Gasteiger partial charge is 0.748 e. The van der Waals surface area contributed by atoms with Crippen LogP contribution < -0.4 is 10.4 Å². The topological polar surface area (TPSA) is 147 Å². The quantitative estimate of drug-likeness (QED) is 0.132. The van der Waals surface area contributed by atoms with Crippen molar-refractivity contribution < 1.29 is 41.7 Å². The van der Waals surface area contributed by atoms with Gasteiger partial charge in [-0.25, -0.2) is 8.42 Å². The summed E-state index contributed by atoms with van der Waals surface area (Å²) in [6.45, 7) is 3.72. The number of quaternary nitrogens is 2. The maximum absolute atomic E-state index is 11.9. The van der Waals surface area contributed by atoms with Crippen molar-refractivity contribution in [2.75, 3.05) is 67.2 Å². The van der Waals surface area contributed by atoms with Gasteiger partial charge in [-0.05, 0) is 6.42 Å². The Morgan fingerprint density at radius 3 is 1.81 bits per heavy atom. The van der Waals surface area contributed by atoms with Crippen LogP contribution in [0.4, 0.5) is 0 Å². The number of hydrogen-bond acceptors (Lipinski definition) is 7. The Balaban J connectivity index is 0. The van der Waals surface area contributed by atoms with Gasteiger partial charge in [0, 0.05) is 19.4 Å². The smallest absolute Gasteiger partial charge is 0.219 e. The summed E-state index contributed by atoms with van der Waals surface area (Å²) in [5.74, 6) is -1.69. The number of nitrogens with one attached hydrogen (secondary N) is 1. The summed E-state index contributed by atoms with van der Waals surface area (Å²) in [6, 6.07) is 0. The van der Waals surface area contributed by atoms with Gasteiger partial charge in [-0.1, -0.05) is 58.3 Å². The SMILES string of the molecule is CCCCCCCCCCCC(=O)NCCC[N+](C)(C)CC(O)CS(=O)(=O)[O-].C[N+](C)(C)CC(=O)[O-]. The summed E-state index contributed by atoms with van der Waals surface area (Å²) < 4.78 is 32.9. The molecule has 10 nitrogen and oxygen atoms in total. The summed E-state index contributed by atoms with van der Waals surface area (Å²) in [5, 5.41) is 22.5. The number of aliphatic carboxylic acids is 1. The third kappa shape index (κ3) is 30.8. The third-order valence-electron chi connectivity index (χ3n) is 5.47. The first kappa shape index (κ1) is 36.9. The monoisotopic (exact) mass is 539 g/mol. The normalized spacial score (nSPS) is 13.0. The van der Waals surface area contributed by atoms with Gasteiger partial charge in [0.2, 0.25) is 5.91 Å². The van der Waals surface area contributed by atoms with Gasteiger partial charge in [0.05, 0.1) is 63.6 Å². The number of carboxylic acid groups (broad SMARTS) is 1. The van der Waals surface area contributed by atoms with Crippen LogP contribution in [0.2, 0.25) is 0 Å². The second-order valence-corrected chi connectivity index (χ2v) is 12.8. The highest BCUT2D eigenvalue weighted by atomic mass is 32.2. The van der Waals surface area contributed by atoms with Crippen molar-refractivity contribution in [1.29, 1.82) is 0 Å². The van der Waals surface area contributed by atoms with E-state index in [1.54, 1.807) is 21.1 Å². The van der Waals surface area contributed by atoms with Crippen molar-refractivity contribution in [3.63, 3.8) is 0 Å². The Hall–Kier alpha value is -1.27. The summed E-state index contributed by atoms with van der Waals surface area (Å²) in [6.07, 6.45) is 11.2. The fraction of sp³-hybridized carbons (Fsp3) is 0.920. The van der Waals surface area contributed by atoms with Gasteiger partial charge in [0.25, 0.3) is 0 Å². The molecule has 2 N–H and O–H groups in total. The summed E-state index contributed by atoms with van der Waals surface area (Å²) in [7, 11) is 4.72. The Labute approximate surface area is 220 Å². The molecule has 0 radical (unpaired) electrons. The molecular formula is C25H53N3O7S. The molecule has 11 heteroatoms. The number of carbonyl (C=O) groups excluding carboxylic acids is 2. The summed E-state index contributed by atoms with van der Waals surface area (Å²) in [5.41, 5.74) is 0. The average molecular weight is 540 g/mol. The van der Waals surface area contributed by atoms with Gasteiger partial charge in [-0.3, -0.25) is 4.79 Å². The number of aliphatic hydroxyl groups excluding tert-OH is 1. The van der Waals surface area contributed by atoms with E-state index in [2.05, 4.69) is 12.2 Å². The van der Waals surface area contributed by atoms with E-state index >= 15 is 0 Å². The number of aliphatic hydroxyl groups is 1. The highest BCUT2D eigenvalue weighted by Gasteiger charge is 2.21. The zero-order valence-corrected chi connectivity index (χ0v) is 24.4. The minimum absolute atomic E-state index is 0.0694. The van der Waals surface area contributed by atoms with Gasteiger partial charge < -0.3 is 33.8 Å². The summed E-state index contributed by atoms with van der Waals surface area (Å²) >= 11 is 0. The lowest BCUT2D eigenvalue weighted by molar-refractivity contribution is -0.893. The minimum Gasteiger partial charge on any atom is -0.748 e. The number of unbranched alkanes of at least 4 members (excludes halogenated alkanes) is 8. The number of carbonyl (C=O) groups is 2. The summed E-state index contributed by atoms with van der Waals surface area (Å²) in [4.78, 5) is 21.7. The number of nitrogens with zero attached hydrogens (tertiary/aromatic N) is 2. The Kier molecular flexibility index (Phi) is 20.3. The van der Waals surface area contributed by atoms with E-state index in [0.29, 0.717) is 28.5 Å². The first-order valence-corrected chi connectivity index (χ1v) is 14.8. The van der Waals surface area contributed by atoms with Crippen LogP contribution in [0.1, 0.15) is 77.6 Å². The molecule has 0 aromatic heterocycles. The Morgan fingerprint density at radius 2 is 1.39 bits per heavy atom. The van der Waals surface area contributed by atoms with Gasteiger partial charge in [0.15, 0.2) is 0 Å². The van der Waals surface area contributed by atoms with E-state index in [9.17, 15) is 32.8 Å². The predicted octanol–water partition coefficient (Wildman–Crippen LogP) is 0.839. The number of hydrogen-bond donors (Lipinski definition) is 2. The molecule has 0 aliphatic carbocycles. The first-order chi connectivity index (χ1) is 16.5. The Bertz CT molecular complexity index is 692. The fourth-order valence-corrected chi connectivity index (χ4v) is 4.33. The Morgan fingerprint density at radius 1 is 0.889 bits per heavy atom. The molecule has 216 valence electrons. The second kappa shape index (κ2) is 19.8. The van der Waals surface area contributed by atoms with Crippen molar-refractivity contribution in [3.8, 4) is 0 Å². The van der Waals surface area contributed by atoms with Gasteiger partial charge in [-0.2, -0.15) is 0 Å². The van der Waals surface area contributed by atoms with Gasteiger partial charge in [0.1, 0.15) is 19.2 Å². The molecule has 1 atom stereocenters. The molecule has 0 aromatic rings. The second-order valence-electron chi connectivity index (χ2n) is 11.3. The molecule has 0 heterocycles. The molecule has 0 saturated heterocycles. The van der Waals surface area contributed by atoms with Crippen molar-refractivity contribution >= 4 is 22.0 Å². The molecule has 1 unspecified atom stereocenters. The van der Waals surface area contributed by atoms with Crippen LogP contribution in [0.25, 0.3) is 0 Å². The fourth-order valence-electron chi connectivity index (χ4n) is 3.76. The molecule has 0 aliphatic heterocycles. The molecular weight excluding hydrogens is 486 g/mol. The number of carboxylic acids is 1. The number of likely N-dealkylation sites (N-methyl/N-ethyl adjacent to an activating group) is 2. The van der Waals surface area contributed by atoms with E-state index in [1.807, 2.05) is 14.1 Å². The third-order valence-corrected chi connectivity index (χ3v) is 6.27. The molecule has 0 fully saturated rings. The standard InChI is InChI=1S/C20H42N2O5S.C5H11NO2/c1-4-5-6-7-8-9-10-11-12-14-20(24)21-15-13-16-22(2,3)17-19(23)18-28(25,26)27;1-6(2,3)4-5(7)8/h19,23H,4-18H2,1-3H3,(H-,21,24,25,26,27);4H2,1-3H3. The number of amides is 1. The van der Waals surface area contributed by atoms with Gasteiger partial charge in [-0.15, -0.1) is 0 Å². The molecule has 0 rings (SSSR count). The van der Waals surface area contributed by atoms with Crippen LogP contribution in [0.15, 0.2) is 0 Å². The van der Waals surface area contributed by atoms with Gasteiger partial charge >= 0.3 is 0 Å². The molecule has 0 bridgehead atoms. The molecule has 1 amide bonds. The zero-order chi connectivity index (χ0) is 28.3. The van der Waals surface area contributed by atoms with E-state index in [-0.39, 0.29) is 19.0 Å². The van der Waals surface area contributed by atoms with Crippen LogP contribution in [-0.2, 0) is 19.7 Å². The zero-order valence-electron chi connectivity index (χ0n) is 23.6. The minimum atomic E-state index is -4.42.